The minimum atomic E-state index is -0.459. The summed E-state index contributed by atoms with van der Waals surface area (Å²) in [4.78, 5) is 0. The van der Waals surface area contributed by atoms with Gasteiger partial charge in [-0.05, 0) is 24.1 Å². The minimum absolute atomic E-state index is 0. The molecule has 2 nitrogen and oxygen atoms in total. The van der Waals surface area contributed by atoms with Crippen molar-refractivity contribution in [2.45, 2.75) is 12.5 Å². The van der Waals surface area contributed by atoms with Gasteiger partial charge in [-0.15, -0.1) is 12.4 Å². The molecular weight excluding hydrogens is 228 g/mol. The molecule has 0 unspecified atom stereocenters. The molecule has 0 aliphatic heterocycles. The maximum Gasteiger partial charge on any atom is 0.134 e. The number of aromatic hydroxyl groups is 1. The molecule has 0 aliphatic rings. The number of phenolic OH excluding ortho intramolecular Hbond substituents is 1. The monoisotopic (exact) mass is 239 g/mol. The first-order valence-corrected chi connectivity index (χ1v) is 4.33. The topological polar surface area (TPSA) is 46.2 Å². The Bertz CT molecular complexity index is 296. The van der Waals surface area contributed by atoms with Crippen LogP contribution in [0.4, 0.5) is 4.39 Å². The lowest BCUT2D eigenvalue weighted by atomic mass is 10.1. The van der Waals surface area contributed by atoms with Gasteiger partial charge in [-0.1, -0.05) is 17.7 Å². The summed E-state index contributed by atoms with van der Waals surface area (Å²) in [6, 6.07) is 4.29. The van der Waals surface area contributed by atoms with E-state index in [1.807, 2.05) is 0 Å². The zero-order valence-corrected chi connectivity index (χ0v) is 8.98. The second-order valence-electron chi connectivity index (χ2n) is 2.79. The maximum atomic E-state index is 11.9. The van der Waals surface area contributed by atoms with Crippen molar-refractivity contribution < 1.29 is 9.50 Å². The third-order valence-electron chi connectivity index (χ3n) is 1.82. The molecule has 0 radical (unpaired) electrons. The summed E-state index contributed by atoms with van der Waals surface area (Å²) in [5.41, 5.74) is 6.38. The lowest BCUT2D eigenvalue weighted by Gasteiger charge is -2.10. The number of halogens is 3. The first kappa shape index (κ1) is 13.5. The lowest BCUT2D eigenvalue weighted by molar-refractivity contribution is 0.441. The Morgan fingerprint density at radius 2 is 2.14 bits per heavy atom. The highest BCUT2D eigenvalue weighted by atomic mass is 35.5. The fourth-order valence-corrected chi connectivity index (χ4v) is 1.23. The molecular formula is C9H12Cl2FNO. The molecule has 0 amide bonds. The number of hydrogen-bond donors (Lipinski definition) is 2. The van der Waals surface area contributed by atoms with Crippen LogP contribution in [0.25, 0.3) is 0 Å². The van der Waals surface area contributed by atoms with Gasteiger partial charge in [0.2, 0.25) is 0 Å². The molecule has 14 heavy (non-hydrogen) atoms. The number of benzene rings is 1. The molecule has 0 aliphatic carbocycles. The van der Waals surface area contributed by atoms with Gasteiger partial charge in [0.1, 0.15) is 5.75 Å². The van der Waals surface area contributed by atoms with Crippen molar-refractivity contribution in [1.29, 1.82) is 0 Å². The molecule has 0 fully saturated rings. The number of rotatable bonds is 3. The van der Waals surface area contributed by atoms with Crippen molar-refractivity contribution in [2.75, 3.05) is 6.67 Å². The Morgan fingerprint density at radius 1 is 1.50 bits per heavy atom. The predicted octanol–water partition coefficient (Wildman–Crippen LogP) is 2.83. The molecule has 80 valence electrons. The van der Waals surface area contributed by atoms with Crippen LogP contribution in [-0.2, 0) is 0 Å². The van der Waals surface area contributed by atoms with Crippen LogP contribution in [0.5, 0.6) is 5.75 Å². The number of alkyl halides is 1. The smallest absolute Gasteiger partial charge is 0.134 e. The van der Waals surface area contributed by atoms with E-state index in [1.165, 1.54) is 6.07 Å². The van der Waals surface area contributed by atoms with Gasteiger partial charge in [0.05, 0.1) is 11.7 Å². The third kappa shape index (κ3) is 3.33. The summed E-state index contributed by atoms with van der Waals surface area (Å²) < 4.78 is 11.9. The molecule has 5 heteroatoms. The Balaban J connectivity index is 0.00000169. The van der Waals surface area contributed by atoms with E-state index in [0.29, 0.717) is 0 Å². The zero-order valence-electron chi connectivity index (χ0n) is 7.41. The molecule has 0 saturated carbocycles. The van der Waals surface area contributed by atoms with Crippen LogP contribution >= 0.6 is 24.0 Å². The van der Waals surface area contributed by atoms with E-state index in [1.54, 1.807) is 12.1 Å². The normalized spacial score (nSPS) is 11.9. The molecule has 0 heterocycles. The Kier molecular flexibility index (Phi) is 5.84. The standard InChI is InChI=1S/C9H11ClFNO.ClH/c10-7-5-6(1-2-9(7)13)8(12)3-4-11;/h1-2,5,8,13H,3-4,12H2;1H/t8-;/m0./s1. The highest BCUT2D eigenvalue weighted by Crippen LogP contribution is 2.26. The van der Waals surface area contributed by atoms with Gasteiger partial charge in [0.15, 0.2) is 0 Å². The van der Waals surface area contributed by atoms with Crippen LogP contribution < -0.4 is 5.73 Å². The van der Waals surface area contributed by atoms with Crippen molar-refractivity contribution in [2.24, 2.45) is 5.73 Å². The molecule has 1 atom stereocenters. The average molecular weight is 240 g/mol. The quantitative estimate of drug-likeness (QED) is 0.853. The van der Waals surface area contributed by atoms with Gasteiger partial charge < -0.3 is 10.8 Å². The van der Waals surface area contributed by atoms with Gasteiger partial charge in [-0.25, -0.2) is 0 Å². The predicted molar refractivity (Wildman–Crippen MR) is 57.9 cm³/mol. The lowest BCUT2D eigenvalue weighted by Crippen LogP contribution is -2.10. The second kappa shape index (κ2) is 6.06. The van der Waals surface area contributed by atoms with E-state index in [4.69, 9.17) is 22.4 Å². The number of nitrogens with two attached hydrogens (primary N) is 1. The van der Waals surface area contributed by atoms with Gasteiger partial charge in [0, 0.05) is 6.04 Å². The molecule has 1 aromatic carbocycles. The molecule has 0 aromatic heterocycles. The molecule has 1 rings (SSSR count). The van der Waals surface area contributed by atoms with Crippen LogP contribution in [0, 0.1) is 0 Å². The number of hydrogen-bond acceptors (Lipinski definition) is 2. The Hall–Kier alpha value is -0.510. The molecule has 0 spiro atoms. The van der Waals surface area contributed by atoms with E-state index in [9.17, 15) is 4.39 Å². The van der Waals surface area contributed by atoms with Crippen molar-refractivity contribution in [3.63, 3.8) is 0 Å². The van der Waals surface area contributed by atoms with E-state index in [-0.39, 0.29) is 35.6 Å². The van der Waals surface area contributed by atoms with Crippen LogP contribution in [-0.4, -0.2) is 11.8 Å². The minimum Gasteiger partial charge on any atom is -0.506 e. The van der Waals surface area contributed by atoms with Crippen molar-refractivity contribution >= 4 is 24.0 Å². The largest absolute Gasteiger partial charge is 0.506 e. The Labute approximate surface area is 93.3 Å². The van der Waals surface area contributed by atoms with Gasteiger partial charge in [-0.3, -0.25) is 4.39 Å². The highest BCUT2D eigenvalue weighted by Gasteiger charge is 2.07. The van der Waals surface area contributed by atoms with Gasteiger partial charge >= 0.3 is 0 Å². The van der Waals surface area contributed by atoms with E-state index in [0.717, 1.165) is 5.56 Å². The fraction of sp³-hybridized carbons (Fsp3) is 0.333. The van der Waals surface area contributed by atoms with Crippen LogP contribution in [0.1, 0.15) is 18.0 Å². The number of phenols is 1. The van der Waals surface area contributed by atoms with E-state index >= 15 is 0 Å². The first-order chi connectivity index (χ1) is 6.15. The van der Waals surface area contributed by atoms with Crippen LogP contribution in [0.2, 0.25) is 5.02 Å². The summed E-state index contributed by atoms with van der Waals surface area (Å²) in [5.74, 6) is 0.0119. The molecule has 0 bridgehead atoms. The SMILES string of the molecule is Cl.N[C@@H](CCF)c1ccc(O)c(Cl)c1. The second-order valence-corrected chi connectivity index (χ2v) is 3.20. The summed E-state index contributed by atoms with van der Waals surface area (Å²) >= 11 is 5.66. The van der Waals surface area contributed by atoms with Crippen molar-refractivity contribution in [1.82, 2.24) is 0 Å². The highest BCUT2D eigenvalue weighted by molar-refractivity contribution is 6.32. The maximum absolute atomic E-state index is 11.9. The van der Waals surface area contributed by atoms with E-state index < -0.39 is 6.67 Å². The van der Waals surface area contributed by atoms with Crippen molar-refractivity contribution in [3.05, 3.63) is 28.8 Å². The van der Waals surface area contributed by atoms with Gasteiger partial charge in [-0.2, -0.15) is 0 Å². The first-order valence-electron chi connectivity index (χ1n) is 3.95. The average Bonchev–Trinajstić information content (AvgIpc) is 2.10. The molecule has 3 N–H and O–H groups in total. The third-order valence-corrected chi connectivity index (χ3v) is 2.12. The molecule has 1 aromatic rings. The zero-order chi connectivity index (χ0) is 9.84. The van der Waals surface area contributed by atoms with Crippen LogP contribution in [0.3, 0.4) is 0 Å². The summed E-state index contributed by atoms with van der Waals surface area (Å²) in [5, 5.41) is 9.35. The summed E-state index contributed by atoms with van der Waals surface area (Å²) in [6.07, 6.45) is 0.265. The van der Waals surface area contributed by atoms with E-state index in [2.05, 4.69) is 0 Å². The van der Waals surface area contributed by atoms with Crippen LogP contribution in [0.15, 0.2) is 18.2 Å². The van der Waals surface area contributed by atoms with Gasteiger partial charge in [0.25, 0.3) is 0 Å². The Morgan fingerprint density at radius 3 is 2.64 bits per heavy atom. The fourth-order valence-electron chi connectivity index (χ4n) is 1.04. The van der Waals surface area contributed by atoms with Crippen molar-refractivity contribution in [3.8, 4) is 5.75 Å². The molecule has 0 saturated heterocycles. The summed E-state index contributed by atoms with van der Waals surface area (Å²) in [7, 11) is 0. The summed E-state index contributed by atoms with van der Waals surface area (Å²) in [6.45, 7) is -0.459.